The smallest absolute Gasteiger partial charge is 0.496 e. The Balaban J connectivity index is 0.00000364. The van der Waals surface area contributed by atoms with Crippen molar-refractivity contribution >= 4 is 12.4 Å². The van der Waals surface area contributed by atoms with Crippen LogP contribution >= 0.6 is 12.4 Å². The molecule has 0 unspecified atom stereocenters. The normalized spacial score (nSPS) is 12.7. The van der Waals surface area contributed by atoms with Crippen molar-refractivity contribution in [3.05, 3.63) is 53.6 Å². The minimum atomic E-state index is -4.86. The van der Waals surface area contributed by atoms with Crippen LogP contribution in [-0.4, -0.2) is 19.8 Å². The molecule has 2 aromatic carbocycles. The maximum Gasteiger partial charge on any atom is 0.573 e. The highest BCUT2D eigenvalue weighted by atomic mass is 35.5. The lowest BCUT2D eigenvalue weighted by Crippen LogP contribution is -2.18. The molecule has 2 rings (SSSR count). The van der Waals surface area contributed by atoms with Gasteiger partial charge in [0.2, 0.25) is 0 Å². The summed E-state index contributed by atoms with van der Waals surface area (Å²) in [6, 6.07) is 7.29. The number of methoxy groups -OCH3 is 1. The predicted molar refractivity (Wildman–Crippen MR) is 86.1 cm³/mol. The van der Waals surface area contributed by atoms with Crippen molar-refractivity contribution < 1.29 is 40.6 Å². The Hall–Kier alpha value is -2.33. The zero-order chi connectivity index (χ0) is 19.5. The van der Waals surface area contributed by atoms with Crippen LogP contribution in [0.1, 0.15) is 17.2 Å². The molecule has 0 fully saturated rings. The SMILES string of the molecule is COc1cc(OC(F)(F)F)ccc1[C@@H](N)c1ccc(OC(F)(F)F)cc1.Cl. The molecule has 0 saturated heterocycles. The lowest BCUT2D eigenvalue weighted by atomic mass is 9.98. The van der Waals surface area contributed by atoms with E-state index < -0.39 is 30.3 Å². The van der Waals surface area contributed by atoms with E-state index in [1.165, 1.54) is 25.3 Å². The maximum absolute atomic E-state index is 12.3. The van der Waals surface area contributed by atoms with Crippen LogP contribution in [0.4, 0.5) is 26.3 Å². The van der Waals surface area contributed by atoms with E-state index in [2.05, 4.69) is 9.47 Å². The molecule has 0 saturated carbocycles. The van der Waals surface area contributed by atoms with E-state index in [1.807, 2.05) is 0 Å². The summed E-state index contributed by atoms with van der Waals surface area (Å²) in [5, 5.41) is 0. The van der Waals surface area contributed by atoms with Crippen molar-refractivity contribution in [2.24, 2.45) is 5.73 Å². The summed E-state index contributed by atoms with van der Waals surface area (Å²) in [6.07, 6.45) is -9.68. The summed E-state index contributed by atoms with van der Waals surface area (Å²) < 4.78 is 85.9. The first-order valence-corrected chi connectivity index (χ1v) is 7.03. The van der Waals surface area contributed by atoms with Gasteiger partial charge in [-0.2, -0.15) is 0 Å². The molecular weight excluding hydrogens is 404 g/mol. The number of rotatable bonds is 5. The molecule has 4 nitrogen and oxygen atoms in total. The molecule has 0 amide bonds. The zero-order valence-electron chi connectivity index (χ0n) is 13.6. The Morgan fingerprint density at radius 2 is 1.30 bits per heavy atom. The van der Waals surface area contributed by atoms with Gasteiger partial charge in [-0.05, 0) is 29.8 Å². The fourth-order valence-electron chi connectivity index (χ4n) is 2.20. The van der Waals surface area contributed by atoms with Crippen molar-refractivity contribution in [3.63, 3.8) is 0 Å². The van der Waals surface area contributed by atoms with Gasteiger partial charge in [-0.25, -0.2) is 0 Å². The Kier molecular flexibility index (Phi) is 7.21. The fourth-order valence-corrected chi connectivity index (χ4v) is 2.20. The molecule has 0 bridgehead atoms. The number of alkyl halides is 6. The summed E-state index contributed by atoms with van der Waals surface area (Å²) in [4.78, 5) is 0. The van der Waals surface area contributed by atoms with Gasteiger partial charge in [0.05, 0.1) is 13.2 Å². The van der Waals surface area contributed by atoms with Gasteiger partial charge in [-0.15, -0.1) is 38.7 Å². The highest BCUT2D eigenvalue weighted by molar-refractivity contribution is 5.85. The Morgan fingerprint density at radius 3 is 1.78 bits per heavy atom. The molecule has 2 N–H and O–H groups in total. The molecule has 0 aliphatic rings. The van der Waals surface area contributed by atoms with Crippen molar-refractivity contribution in [1.82, 2.24) is 0 Å². The lowest BCUT2D eigenvalue weighted by molar-refractivity contribution is -0.275. The van der Waals surface area contributed by atoms with Gasteiger partial charge in [0.25, 0.3) is 0 Å². The first-order chi connectivity index (χ1) is 12.0. The second-order valence-electron chi connectivity index (χ2n) is 5.05. The Morgan fingerprint density at radius 1 is 0.815 bits per heavy atom. The summed E-state index contributed by atoms with van der Waals surface area (Å²) in [7, 11) is 1.24. The molecular formula is C16H14ClF6NO3. The summed E-state index contributed by atoms with van der Waals surface area (Å²) in [5.74, 6) is -0.872. The minimum Gasteiger partial charge on any atom is -0.496 e. The first kappa shape index (κ1) is 22.7. The summed E-state index contributed by atoms with van der Waals surface area (Å²) in [6.45, 7) is 0. The monoisotopic (exact) mass is 417 g/mol. The Bertz CT molecular complexity index is 749. The highest BCUT2D eigenvalue weighted by Crippen LogP contribution is 2.34. The van der Waals surface area contributed by atoms with E-state index >= 15 is 0 Å². The van der Waals surface area contributed by atoms with Gasteiger partial charge < -0.3 is 19.9 Å². The third-order valence-electron chi connectivity index (χ3n) is 3.25. The van der Waals surface area contributed by atoms with Gasteiger partial charge >= 0.3 is 12.7 Å². The van der Waals surface area contributed by atoms with E-state index in [4.69, 9.17) is 10.5 Å². The third kappa shape index (κ3) is 6.72. The van der Waals surface area contributed by atoms with E-state index in [0.717, 1.165) is 24.3 Å². The molecule has 0 aromatic heterocycles. The molecule has 0 spiro atoms. The lowest BCUT2D eigenvalue weighted by Gasteiger charge is -2.18. The number of hydrogen-bond acceptors (Lipinski definition) is 4. The standard InChI is InChI=1S/C16H13F6NO3.ClH/c1-24-13-8-11(26-16(20,21)22)6-7-12(13)14(23)9-2-4-10(5-3-9)25-15(17,18)19;/h2-8,14H,23H2,1H3;1H/t14-;/m0./s1. The summed E-state index contributed by atoms with van der Waals surface area (Å²) in [5.41, 5.74) is 6.77. The van der Waals surface area contributed by atoms with Crippen molar-refractivity contribution in [2.45, 2.75) is 18.8 Å². The van der Waals surface area contributed by atoms with Gasteiger partial charge in [0, 0.05) is 11.6 Å². The Labute approximate surface area is 156 Å². The van der Waals surface area contributed by atoms with Crippen LogP contribution < -0.4 is 19.9 Å². The fraction of sp³-hybridized carbons (Fsp3) is 0.250. The van der Waals surface area contributed by atoms with Crippen LogP contribution in [0.5, 0.6) is 17.2 Å². The van der Waals surface area contributed by atoms with Gasteiger partial charge in [0.1, 0.15) is 17.2 Å². The molecule has 0 heterocycles. The van der Waals surface area contributed by atoms with Crippen LogP contribution in [0.2, 0.25) is 0 Å². The zero-order valence-corrected chi connectivity index (χ0v) is 14.4. The number of ether oxygens (including phenoxy) is 3. The summed E-state index contributed by atoms with van der Waals surface area (Å²) >= 11 is 0. The number of halogens is 7. The van der Waals surface area contributed by atoms with E-state index in [0.29, 0.717) is 11.1 Å². The number of hydrogen-bond donors (Lipinski definition) is 1. The second-order valence-corrected chi connectivity index (χ2v) is 5.05. The van der Waals surface area contributed by atoms with Crippen LogP contribution in [0.25, 0.3) is 0 Å². The molecule has 150 valence electrons. The molecule has 0 aliphatic carbocycles. The molecule has 27 heavy (non-hydrogen) atoms. The topological polar surface area (TPSA) is 53.7 Å². The largest absolute Gasteiger partial charge is 0.573 e. The van der Waals surface area contributed by atoms with Crippen molar-refractivity contribution in [1.29, 1.82) is 0 Å². The highest BCUT2D eigenvalue weighted by Gasteiger charge is 2.32. The van der Waals surface area contributed by atoms with E-state index in [1.54, 1.807) is 0 Å². The minimum absolute atomic E-state index is 0. The number of nitrogens with two attached hydrogens (primary N) is 1. The van der Waals surface area contributed by atoms with Crippen LogP contribution in [-0.2, 0) is 0 Å². The molecule has 1 atom stereocenters. The quantitative estimate of drug-likeness (QED) is 0.698. The predicted octanol–water partition coefficient (Wildman–Crippen LogP) is 4.96. The maximum atomic E-state index is 12.3. The van der Waals surface area contributed by atoms with Gasteiger partial charge in [-0.1, -0.05) is 12.1 Å². The molecule has 2 aromatic rings. The average molecular weight is 418 g/mol. The molecule has 0 aliphatic heterocycles. The van der Waals surface area contributed by atoms with Crippen molar-refractivity contribution in [2.75, 3.05) is 7.11 Å². The van der Waals surface area contributed by atoms with Gasteiger partial charge in [0.15, 0.2) is 0 Å². The molecule has 11 heteroatoms. The molecule has 0 radical (unpaired) electrons. The number of benzene rings is 2. The van der Waals surface area contributed by atoms with E-state index in [9.17, 15) is 26.3 Å². The van der Waals surface area contributed by atoms with E-state index in [-0.39, 0.29) is 18.2 Å². The van der Waals surface area contributed by atoms with Gasteiger partial charge in [-0.3, -0.25) is 0 Å². The van der Waals surface area contributed by atoms with Crippen LogP contribution in [0.15, 0.2) is 42.5 Å². The third-order valence-corrected chi connectivity index (χ3v) is 3.25. The average Bonchev–Trinajstić information content (AvgIpc) is 2.52. The van der Waals surface area contributed by atoms with Crippen LogP contribution in [0.3, 0.4) is 0 Å². The van der Waals surface area contributed by atoms with Crippen molar-refractivity contribution in [3.8, 4) is 17.2 Å². The first-order valence-electron chi connectivity index (χ1n) is 7.03. The second kappa shape index (κ2) is 8.57. The van der Waals surface area contributed by atoms with Crippen LogP contribution in [0, 0.1) is 0 Å².